The summed E-state index contributed by atoms with van der Waals surface area (Å²) in [4.78, 5) is 18.6. The minimum Gasteiger partial charge on any atom is -0.431 e. The van der Waals surface area contributed by atoms with Crippen molar-refractivity contribution in [3.05, 3.63) is 54.1 Å². The van der Waals surface area contributed by atoms with Crippen molar-refractivity contribution in [1.29, 1.82) is 0 Å². The molecule has 2 atom stereocenters. The first-order valence-corrected chi connectivity index (χ1v) is 11.1. The van der Waals surface area contributed by atoms with Crippen LogP contribution in [0.5, 0.6) is 10.9 Å². The minimum absolute atomic E-state index is 0.0894. The van der Waals surface area contributed by atoms with Crippen molar-refractivity contribution in [2.24, 2.45) is 0 Å². The molecule has 2 aliphatic heterocycles. The Hall–Kier alpha value is -2.44. The molecule has 0 aliphatic carbocycles. The minimum atomic E-state index is 0.0894. The van der Waals surface area contributed by atoms with E-state index in [1.165, 1.54) is 18.4 Å². The lowest BCUT2D eigenvalue weighted by Gasteiger charge is -2.39. The lowest BCUT2D eigenvalue weighted by Crippen LogP contribution is -2.49. The van der Waals surface area contributed by atoms with Gasteiger partial charge in [0.05, 0.1) is 10.2 Å². The highest BCUT2D eigenvalue weighted by Crippen LogP contribution is 2.37. The van der Waals surface area contributed by atoms with E-state index in [9.17, 15) is 4.79 Å². The van der Waals surface area contributed by atoms with Crippen LogP contribution in [0.3, 0.4) is 0 Å². The lowest BCUT2D eigenvalue weighted by atomic mass is 9.96. The number of thiazole rings is 1. The predicted octanol–water partition coefficient (Wildman–Crippen LogP) is 4.72. The lowest BCUT2D eigenvalue weighted by molar-refractivity contribution is -0.120. The van der Waals surface area contributed by atoms with Crippen molar-refractivity contribution in [2.45, 2.75) is 57.3 Å². The molecule has 2 fully saturated rings. The molecule has 2 aromatic carbocycles. The van der Waals surface area contributed by atoms with Gasteiger partial charge in [-0.3, -0.25) is 9.69 Å². The van der Waals surface area contributed by atoms with Crippen LogP contribution >= 0.6 is 11.3 Å². The van der Waals surface area contributed by atoms with Crippen LogP contribution in [0.25, 0.3) is 10.2 Å². The number of hydrogen-bond acceptors (Lipinski definition) is 5. The SMILES string of the molecule is CC(=O)NC1C[C@H]2CC[C@H](C1)N2Cc1ccc(Oc2nc3ccccc3s2)cc1. The van der Waals surface area contributed by atoms with E-state index in [0.717, 1.165) is 35.4 Å². The summed E-state index contributed by atoms with van der Waals surface area (Å²) in [6.45, 7) is 2.58. The summed E-state index contributed by atoms with van der Waals surface area (Å²) in [5, 5.41) is 3.80. The number of para-hydroxylation sites is 1. The highest BCUT2D eigenvalue weighted by molar-refractivity contribution is 7.20. The average Bonchev–Trinajstić information content (AvgIpc) is 3.20. The molecule has 2 bridgehead atoms. The molecular formula is C23H25N3O2S. The van der Waals surface area contributed by atoms with Crippen LogP contribution in [0.4, 0.5) is 0 Å². The number of piperidine rings is 1. The molecular weight excluding hydrogens is 382 g/mol. The maximum absolute atomic E-state index is 11.4. The highest BCUT2D eigenvalue weighted by atomic mass is 32.1. The maximum atomic E-state index is 11.4. The summed E-state index contributed by atoms with van der Waals surface area (Å²) in [6.07, 6.45) is 4.60. The Labute approximate surface area is 174 Å². The Morgan fingerprint density at radius 1 is 1.14 bits per heavy atom. The molecule has 29 heavy (non-hydrogen) atoms. The van der Waals surface area contributed by atoms with Gasteiger partial charge in [-0.2, -0.15) is 0 Å². The van der Waals surface area contributed by atoms with Gasteiger partial charge in [0.25, 0.3) is 5.19 Å². The first-order valence-electron chi connectivity index (χ1n) is 10.3. The molecule has 0 spiro atoms. The Morgan fingerprint density at radius 3 is 2.55 bits per heavy atom. The summed E-state index contributed by atoms with van der Waals surface area (Å²) in [5.74, 6) is 0.909. The predicted molar refractivity (Wildman–Crippen MR) is 115 cm³/mol. The van der Waals surface area contributed by atoms with Crippen LogP contribution in [0.1, 0.15) is 38.2 Å². The van der Waals surface area contributed by atoms with E-state index in [2.05, 4.69) is 33.4 Å². The molecule has 3 heterocycles. The second-order valence-corrected chi connectivity index (χ2v) is 9.11. The second-order valence-electron chi connectivity index (χ2n) is 8.12. The maximum Gasteiger partial charge on any atom is 0.279 e. The summed E-state index contributed by atoms with van der Waals surface area (Å²) in [5.41, 5.74) is 2.28. The van der Waals surface area contributed by atoms with Gasteiger partial charge in [-0.1, -0.05) is 35.6 Å². The van der Waals surface area contributed by atoms with E-state index >= 15 is 0 Å². The van der Waals surface area contributed by atoms with E-state index in [0.29, 0.717) is 23.3 Å². The number of nitrogens with one attached hydrogen (secondary N) is 1. The van der Waals surface area contributed by atoms with Gasteiger partial charge in [-0.15, -0.1) is 0 Å². The van der Waals surface area contributed by atoms with E-state index in [4.69, 9.17) is 4.74 Å². The van der Waals surface area contributed by atoms with Crippen molar-refractivity contribution in [3.8, 4) is 10.9 Å². The largest absolute Gasteiger partial charge is 0.431 e. The summed E-state index contributed by atoms with van der Waals surface area (Å²) < 4.78 is 7.10. The summed E-state index contributed by atoms with van der Waals surface area (Å²) in [6, 6.07) is 17.9. The van der Waals surface area contributed by atoms with Gasteiger partial charge < -0.3 is 10.1 Å². The number of hydrogen-bond donors (Lipinski definition) is 1. The highest BCUT2D eigenvalue weighted by Gasteiger charge is 2.40. The van der Waals surface area contributed by atoms with Gasteiger partial charge in [0.15, 0.2) is 0 Å². The molecule has 1 aromatic heterocycles. The molecule has 5 nitrogen and oxygen atoms in total. The number of fused-ring (bicyclic) bond motifs is 3. The molecule has 0 saturated carbocycles. The van der Waals surface area contributed by atoms with Crippen LogP contribution in [-0.2, 0) is 11.3 Å². The van der Waals surface area contributed by atoms with Gasteiger partial charge in [0.1, 0.15) is 5.75 Å². The molecule has 150 valence electrons. The van der Waals surface area contributed by atoms with Crippen molar-refractivity contribution < 1.29 is 9.53 Å². The molecule has 6 heteroatoms. The Bertz CT molecular complexity index is 969. The molecule has 1 amide bonds. The Kier molecular flexibility index (Phi) is 4.97. The molecule has 1 N–H and O–H groups in total. The van der Waals surface area contributed by atoms with Crippen LogP contribution < -0.4 is 10.1 Å². The number of ether oxygens (including phenoxy) is 1. The summed E-state index contributed by atoms with van der Waals surface area (Å²) >= 11 is 1.57. The topological polar surface area (TPSA) is 54.5 Å². The summed E-state index contributed by atoms with van der Waals surface area (Å²) in [7, 11) is 0. The molecule has 5 rings (SSSR count). The normalized spacial score (nSPS) is 24.0. The van der Waals surface area contributed by atoms with Crippen LogP contribution in [0.15, 0.2) is 48.5 Å². The fourth-order valence-corrected chi connectivity index (χ4v) is 5.64. The Morgan fingerprint density at radius 2 is 1.86 bits per heavy atom. The number of carbonyl (C=O) groups is 1. The second kappa shape index (κ2) is 7.76. The zero-order valence-corrected chi connectivity index (χ0v) is 17.3. The third-order valence-corrected chi connectivity index (χ3v) is 6.97. The van der Waals surface area contributed by atoms with Crippen molar-refractivity contribution in [2.75, 3.05) is 0 Å². The molecule has 0 radical (unpaired) electrons. The third-order valence-electron chi connectivity index (χ3n) is 6.06. The fourth-order valence-electron chi connectivity index (χ4n) is 4.81. The van der Waals surface area contributed by atoms with Gasteiger partial charge >= 0.3 is 0 Å². The number of rotatable bonds is 5. The fraction of sp³-hybridized carbons (Fsp3) is 0.391. The van der Waals surface area contributed by atoms with E-state index in [-0.39, 0.29) is 5.91 Å². The van der Waals surface area contributed by atoms with E-state index in [1.54, 1.807) is 18.3 Å². The molecule has 2 aliphatic rings. The molecule has 2 saturated heterocycles. The zero-order valence-electron chi connectivity index (χ0n) is 16.5. The Balaban J connectivity index is 1.22. The number of aromatic nitrogens is 1. The molecule has 3 aromatic rings. The van der Waals surface area contributed by atoms with Gasteiger partial charge in [0.2, 0.25) is 5.91 Å². The quantitative estimate of drug-likeness (QED) is 0.665. The van der Waals surface area contributed by atoms with Crippen LogP contribution in [-0.4, -0.2) is 33.9 Å². The van der Waals surface area contributed by atoms with Crippen molar-refractivity contribution >= 4 is 27.5 Å². The molecule has 0 unspecified atom stereocenters. The van der Waals surface area contributed by atoms with E-state index < -0.39 is 0 Å². The van der Waals surface area contributed by atoms with Gasteiger partial charge in [0, 0.05) is 31.6 Å². The number of benzene rings is 2. The number of carbonyl (C=O) groups excluding carboxylic acids is 1. The van der Waals surface area contributed by atoms with Crippen molar-refractivity contribution in [3.63, 3.8) is 0 Å². The van der Waals surface area contributed by atoms with Gasteiger partial charge in [-0.05, 0) is 55.5 Å². The van der Waals surface area contributed by atoms with Gasteiger partial charge in [-0.25, -0.2) is 4.98 Å². The first kappa shape index (κ1) is 18.6. The number of nitrogens with zero attached hydrogens (tertiary/aromatic N) is 2. The van der Waals surface area contributed by atoms with Crippen LogP contribution in [0, 0.1) is 0 Å². The number of amides is 1. The van der Waals surface area contributed by atoms with Crippen LogP contribution in [0.2, 0.25) is 0 Å². The van der Waals surface area contributed by atoms with Crippen molar-refractivity contribution in [1.82, 2.24) is 15.2 Å². The standard InChI is InChI=1S/C23H25N3O2S/c1-15(27)24-17-12-18-8-9-19(13-17)26(18)14-16-6-10-20(11-7-16)28-23-25-21-4-2-3-5-22(21)29-23/h2-7,10-11,17-19H,8-9,12-14H2,1H3,(H,24,27)/t18-,19-/m1/s1. The smallest absolute Gasteiger partial charge is 0.279 e. The third kappa shape index (κ3) is 4.00. The first-order chi connectivity index (χ1) is 14.1. The monoisotopic (exact) mass is 407 g/mol. The zero-order chi connectivity index (χ0) is 19.8. The van der Waals surface area contributed by atoms with E-state index in [1.807, 2.05) is 30.3 Å². The average molecular weight is 408 g/mol.